The number of aromatic hydroxyl groups is 1. The van der Waals surface area contributed by atoms with E-state index >= 15 is 0 Å². The molecular weight excluding hydrogens is 1300 g/mol. The predicted molar refractivity (Wildman–Crippen MR) is 357 cm³/mol. The van der Waals surface area contributed by atoms with Gasteiger partial charge in [-0.1, -0.05) is 46.8 Å². The fourth-order valence-electron chi connectivity index (χ4n) is 9.57. The lowest BCUT2D eigenvalue weighted by Gasteiger charge is -2.29. The van der Waals surface area contributed by atoms with Gasteiger partial charge in [0.15, 0.2) is 11.9 Å². The summed E-state index contributed by atoms with van der Waals surface area (Å²) in [5.74, 6) is -17.4. The molecule has 38 heteroatoms. The Hall–Kier alpha value is -9.98. The van der Waals surface area contributed by atoms with Gasteiger partial charge in [0.05, 0.1) is 25.0 Å². The van der Waals surface area contributed by atoms with Crippen LogP contribution < -0.4 is 98.2 Å². The third kappa shape index (κ3) is 35.7. The smallest absolute Gasteiger partial charge is 0.305 e. The topological polar surface area (TPSA) is 668 Å². The number of aliphatic carboxylic acids is 1. The van der Waals surface area contributed by atoms with Crippen LogP contribution in [0.2, 0.25) is 0 Å². The number of nitrogens with one attached hydrogen (secondary N) is 14. The second-order valence-electron chi connectivity index (χ2n) is 24.8. The zero-order valence-electron chi connectivity index (χ0n) is 56.8. The Labute approximate surface area is 573 Å². The molecular formula is C61H104N20O18. The van der Waals surface area contributed by atoms with Gasteiger partial charge in [-0.15, -0.1) is 0 Å². The molecule has 1 aromatic rings. The van der Waals surface area contributed by atoms with Crippen LogP contribution in [0.5, 0.6) is 5.75 Å². The summed E-state index contributed by atoms with van der Waals surface area (Å²) in [7, 11) is 0. The Morgan fingerprint density at radius 2 is 0.798 bits per heavy atom. The number of aliphatic hydroxyl groups excluding tert-OH is 2. The lowest BCUT2D eigenvalue weighted by Crippen LogP contribution is -2.62. The number of carbonyl (C=O) groups is 14. The van der Waals surface area contributed by atoms with Crippen LogP contribution in [0, 0.1) is 28.6 Å². The molecule has 30 N–H and O–H groups in total. The molecule has 38 nitrogen and oxygen atoms in total. The van der Waals surface area contributed by atoms with Crippen LogP contribution in [0.4, 0.5) is 0 Å². The van der Waals surface area contributed by atoms with E-state index in [1.807, 2.05) is 13.8 Å². The Morgan fingerprint density at radius 3 is 1.18 bits per heavy atom. The number of carbonyl (C=O) groups excluding carboxylic acids is 13. The number of nitrogens with two attached hydrogens (primary N) is 6. The third-order valence-electron chi connectivity index (χ3n) is 15.0. The van der Waals surface area contributed by atoms with Gasteiger partial charge < -0.3 is 119 Å². The molecule has 99 heavy (non-hydrogen) atoms. The molecule has 13 amide bonds. The molecule has 1 aromatic carbocycles. The number of amides is 13. The van der Waals surface area contributed by atoms with Gasteiger partial charge in [-0.25, -0.2) is 0 Å². The molecule has 0 aliphatic rings. The fourth-order valence-corrected chi connectivity index (χ4v) is 9.57. The average Bonchev–Trinajstić information content (AvgIpc) is 0.866. The van der Waals surface area contributed by atoms with Crippen LogP contribution in [0.1, 0.15) is 137 Å². The SMILES string of the molecule is CC(C)C[C@H](NC(=O)[C@H](CC(C)C)NC(=O)[C@H](CCCCN)NC(=O)[C@H](CCCNC(=N)N)NC(=O)[C@H](Cc1ccc(O)cc1)NC(=O)[C@H](CCC(N)=O)NC(=O)[C@H](CCC(N)=O)NC(=O)[C@H](CCCNC(=N)N)NC(=O)[C@@H](NC(=O)[C@H](CC(=O)O)NC(=O)[C@@H](C)CO)[C@@H](C)O)C(N)=O. The molecule has 0 saturated carbocycles. The maximum absolute atomic E-state index is 14.8. The molecule has 0 aliphatic carbocycles. The minimum atomic E-state index is -1.97. The summed E-state index contributed by atoms with van der Waals surface area (Å²) in [6, 6.07) is -10.8. The Bertz CT molecular complexity index is 2920. The van der Waals surface area contributed by atoms with Gasteiger partial charge >= 0.3 is 5.97 Å². The van der Waals surface area contributed by atoms with Crippen LogP contribution >= 0.6 is 0 Å². The standard InChI is InChI=1S/C61H104N20O18/c1-30(2)25-41(49(65)89)77-56(96)42(26-31(3)4)79-53(93)36(11-7-8-22-62)72-51(91)37(12-9-23-70-60(66)67)73-57(97)43(27-34-14-16-35(84)17-15-34)80-55(95)40(19-21-46(64)86)75-54(94)39(18-20-45(63)85)74-52(92)38(13-10-24-71-61(68)69)76-59(99)48(33(6)83)81-58(98)44(28-47(87)88)78-50(90)32(5)29-82/h14-17,30-33,36-44,48,82-84H,7-13,18-29,62H2,1-6H3,(H2,63,85)(H2,64,86)(H2,65,89)(H,72,91)(H,73,97)(H,74,92)(H,75,94)(H,76,99)(H,77,96)(H,78,90)(H,79,93)(H,80,95)(H,81,98)(H,87,88)(H4,66,67,70)(H4,68,69,71)/t32-,33+,36-,37-,38-,39-,40-,41-,42-,43-,44-,48-/m0/s1. The van der Waals surface area contributed by atoms with E-state index in [0.29, 0.717) is 12.0 Å². The molecule has 0 radical (unpaired) electrons. The Kier molecular flexibility index (Phi) is 40.0. The quantitative estimate of drug-likeness (QED) is 0.0164. The summed E-state index contributed by atoms with van der Waals surface area (Å²) in [5, 5.41) is 84.5. The number of hydrogen-bond donors (Lipinski definition) is 24. The van der Waals surface area contributed by atoms with Crippen molar-refractivity contribution >= 4 is 94.7 Å². The summed E-state index contributed by atoms with van der Waals surface area (Å²) in [5.41, 5.74) is 33.6. The molecule has 0 saturated heterocycles. The van der Waals surface area contributed by atoms with E-state index in [-0.39, 0.29) is 88.6 Å². The molecule has 1 rings (SSSR count). The van der Waals surface area contributed by atoms with E-state index in [1.165, 1.54) is 31.2 Å². The van der Waals surface area contributed by atoms with Crippen molar-refractivity contribution < 1.29 is 87.5 Å². The first-order valence-electron chi connectivity index (χ1n) is 32.4. The van der Waals surface area contributed by atoms with Crippen molar-refractivity contribution in [3.05, 3.63) is 29.8 Å². The minimum Gasteiger partial charge on any atom is -0.508 e. The summed E-state index contributed by atoms with van der Waals surface area (Å²) < 4.78 is 0. The number of aliphatic hydroxyl groups is 2. The number of phenolic OH excluding ortho intramolecular Hbond substituents is 1. The van der Waals surface area contributed by atoms with Gasteiger partial charge in [-0.05, 0) is 114 Å². The van der Waals surface area contributed by atoms with Crippen molar-refractivity contribution in [2.24, 2.45) is 52.2 Å². The highest BCUT2D eigenvalue weighted by atomic mass is 16.4. The monoisotopic (exact) mass is 1400 g/mol. The van der Waals surface area contributed by atoms with Gasteiger partial charge in [-0.3, -0.25) is 77.9 Å². The number of benzene rings is 1. The van der Waals surface area contributed by atoms with E-state index in [0.717, 1.165) is 6.92 Å². The number of hydrogen-bond acceptors (Lipinski definition) is 20. The molecule has 0 spiro atoms. The first-order chi connectivity index (χ1) is 46.4. The van der Waals surface area contributed by atoms with Crippen molar-refractivity contribution in [3.63, 3.8) is 0 Å². The molecule has 0 aliphatic heterocycles. The van der Waals surface area contributed by atoms with E-state index in [2.05, 4.69) is 63.8 Å². The van der Waals surface area contributed by atoms with E-state index in [1.54, 1.807) is 13.8 Å². The second kappa shape index (κ2) is 45.5. The molecule has 0 heterocycles. The van der Waals surface area contributed by atoms with E-state index < -0.39 is 212 Å². The Morgan fingerprint density at radius 1 is 0.444 bits per heavy atom. The molecule has 0 fully saturated rings. The van der Waals surface area contributed by atoms with Crippen LogP contribution in [0.3, 0.4) is 0 Å². The first kappa shape index (κ1) is 87.0. The summed E-state index contributed by atoms with van der Waals surface area (Å²) >= 11 is 0. The van der Waals surface area contributed by atoms with Crippen molar-refractivity contribution in [1.29, 1.82) is 10.8 Å². The maximum atomic E-state index is 14.8. The first-order valence-corrected chi connectivity index (χ1v) is 32.4. The fraction of sp³-hybridized carbons (Fsp3) is 0.639. The van der Waals surface area contributed by atoms with Gasteiger partial charge in [0.2, 0.25) is 76.8 Å². The highest BCUT2D eigenvalue weighted by Crippen LogP contribution is 2.16. The summed E-state index contributed by atoms with van der Waals surface area (Å²) in [6.07, 6.45) is -5.28. The largest absolute Gasteiger partial charge is 0.508 e. The number of primary amides is 3. The lowest BCUT2D eigenvalue weighted by molar-refractivity contribution is -0.142. The van der Waals surface area contributed by atoms with Crippen LogP contribution in [-0.4, -0.2) is 208 Å². The number of rotatable bonds is 49. The minimum absolute atomic E-state index is 0.00847. The number of carboxylic acid groups (broad SMARTS) is 1. The molecule has 0 aromatic heterocycles. The summed E-state index contributed by atoms with van der Waals surface area (Å²) in [4.78, 5) is 190. The van der Waals surface area contributed by atoms with E-state index in [9.17, 15) is 87.5 Å². The molecule has 556 valence electrons. The van der Waals surface area contributed by atoms with E-state index in [4.69, 9.17) is 45.2 Å². The molecule has 0 bridgehead atoms. The predicted octanol–water partition coefficient (Wildman–Crippen LogP) is -6.97. The maximum Gasteiger partial charge on any atom is 0.305 e. The van der Waals surface area contributed by atoms with Crippen molar-refractivity contribution in [2.75, 3.05) is 26.2 Å². The zero-order chi connectivity index (χ0) is 75.2. The zero-order valence-corrected chi connectivity index (χ0v) is 56.8. The van der Waals surface area contributed by atoms with Crippen LogP contribution in [0.25, 0.3) is 0 Å². The average molecular weight is 1410 g/mol. The number of guanidine groups is 2. The normalized spacial score (nSPS) is 14.7. The summed E-state index contributed by atoms with van der Waals surface area (Å²) in [6.45, 7) is 8.95. The molecule has 12 atom stereocenters. The van der Waals surface area contributed by atoms with Crippen molar-refractivity contribution in [2.45, 2.75) is 204 Å². The van der Waals surface area contributed by atoms with Gasteiger partial charge in [0.1, 0.15) is 66.2 Å². The number of unbranched alkanes of at least 4 members (excludes halogenated alkanes) is 1. The Balaban J connectivity index is 3.93. The number of phenols is 1. The highest BCUT2D eigenvalue weighted by Gasteiger charge is 2.38. The number of carboxylic acids is 1. The van der Waals surface area contributed by atoms with Crippen molar-refractivity contribution in [3.8, 4) is 5.75 Å². The highest BCUT2D eigenvalue weighted by molar-refractivity contribution is 6.00. The lowest BCUT2D eigenvalue weighted by atomic mass is 9.99. The molecule has 0 unspecified atom stereocenters. The van der Waals surface area contributed by atoms with Gasteiger partial charge in [-0.2, -0.15) is 0 Å². The second-order valence-corrected chi connectivity index (χ2v) is 24.8. The van der Waals surface area contributed by atoms with Crippen LogP contribution in [0.15, 0.2) is 24.3 Å². The van der Waals surface area contributed by atoms with Crippen molar-refractivity contribution in [1.82, 2.24) is 63.8 Å². The van der Waals surface area contributed by atoms with Gasteiger partial charge in [0, 0.05) is 32.4 Å². The van der Waals surface area contributed by atoms with Crippen LogP contribution in [-0.2, 0) is 73.5 Å². The van der Waals surface area contributed by atoms with Gasteiger partial charge in [0.25, 0.3) is 0 Å². The third-order valence-corrected chi connectivity index (χ3v) is 15.0.